The van der Waals surface area contributed by atoms with Gasteiger partial charge in [-0.3, -0.25) is 4.90 Å². The van der Waals surface area contributed by atoms with E-state index in [0.29, 0.717) is 18.2 Å². The first-order valence-corrected chi connectivity index (χ1v) is 7.50. The average molecular weight is 313 g/mol. The number of ether oxygens (including phenoxy) is 2. The Labute approximate surface area is 130 Å². The van der Waals surface area contributed by atoms with Gasteiger partial charge in [0.25, 0.3) is 0 Å². The van der Waals surface area contributed by atoms with E-state index in [2.05, 4.69) is 4.90 Å². The third kappa shape index (κ3) is 5.10. The van der Waals surface area contributed by atoms with Crippen LogP contribution in [0.25, 0.3) is 0 Å². The van der Waals surface area contributed by atoms with Gasteiger partial charge in [0.15, 0.2) is 0 Å². The molecule has 0 aliphatic carbocycles. The van der Waals surface area contributed by atoms with E-state index in [9.17, 15) is 4.79 Å². The van der Waals surface area contributed by atoms with E-state index < -0.39 is 0 Å². The Morgan fingerprint density at radius 3 is 2.67 bits per heavy atom. The Bertz CT molecular complexity index is 453. The maximum absolute atomic E-state index is 11.5. The fraction of sp³-hybridized carbons (Fsp3) is 0.533. The molecule has 1 aromatic carbocycles. The fourth-order valence-corrected chi connectivity index (χ4v) is 2.46. The molecule has 0 atom stereocenters. The summed E-state index contributed by atoms with van der Waals surface area (Å²) in [6.07, 6.45) is 0.713. The zero-order valence-corrected chi connectivity index (χ0v) is 13.0. The van der Waals surface area contributed by atoms with Crippen molar-refractivity contribution in [3.8, 4) is 5.75 Å². The van der Waals surface area contributed by atoms with Crippen molar-refractivity contribution in [2.45, 2.75) is 6.42 Å². The van der Waals surface area contributed by atoms with Gasteiger partial charge in [-0.25, -0.2) is 4.79 Å². The van der Waals surface area contributed by atoms with Crippen LogP contribution in [0.3, 0.4) is 0 Å². The summed E-state index contributed by atoms with van der Waals surface area (Å²) in [5.74, 6) is 0.824. The number of hydrogen-bond acceptors (Lipinski definition) is 4. The van der Waals surface area contributed by atoms with Gasteiger partial charge in [-0.15, -0.1) is 0 Å². The zero-order valence-electron chi connectivity index (χ0n) is 12.3. The van der Waals surface area contributed by atoms with Crippen LogP contribution in [0, 0.1) is 0 Å². The van der Waals surface area contributed by atoms with E-state index in [1.54, 1.807) is 4.90 Å². The van der Waals surface area contributed by atoms with Crippen molar-refractivity contribution in [3.05, 3.63) is 29.3 Å². The van der Waals surface area contributed by atoms with Crippen LogP contribution in [0.5, 0.6) is 5.75 Å². The molecule has 116 valence electrons. The second-order valence-electron chi connectivity index (χ2n) is 4.95. The Balaban J connectivity index is 1.71. The summed E-state index contributed by atoms with van der Waals surface area (Å²) in [6.45, 7) is 4.74. The first kappa shape index (κ1) is 15.9. The molecule has 6 heteroatoms. The van der Waals surface area contributed by atoms with Gasteiger partial charge in [-0.05, 0) is 30.7 Å². The van der Waals surface area contributed by atoms with Crippen LogP contribution in [0.4, 0.5) is 4.79 Å². The molecule has 0 aromatic heterocycles. The lowest BCUT2D eigenvalue weighted by Gasteiger charge is -2.21. The summed E-state index contributed by atoms with van der Waals surface area (Å²) in [7, 11) is 1.42. The fourth-order valence-electron chi connectivity index (χ4n) is 2.33. The SMILES string of the molecule is COC(=O)N1CCCN(CCOc2ccc(Cl)cc2)CC1. The minimum atomic E-state index is -0.241. The molecule has 1 aromatic rings. The van der Waals surface area contributed by atoms with Crippen molar-refractivity contribution < 1.29 is 14.3 Å². The highest BCUT2D eigenvalue weighted by molar-refractivity contribution is 6.30. The normalized spacial score (nSPS) is 16.4. The number of benzene rings is 1. The lowest BCUT2D eigenvalue weighted by Crippen LogP contribution is -2.36. The van der Waals surface area contributed by atoms with Crippen LogP contribution in [0.2, 0.25) is 5.02 Å². The van der Waals surface area contributed by atoms with Gasteiger partial charge >= 0.3 is 6.09 Å². The van der Waals surface area contributed by atoms with E-state index in [1.165, 1.54) is 7.11 Å². The molecular formula is C15H21ClN2O3. The predicted molar refractivity (Wildman–Crippen MR) is 82.0 cm³/mol. The topological polar surface area (TPSA) is 42.0 Å². The highest BCUT2D eigenvalue weighted by Gasteiger charge is 2.19. The molecule has 1 heterocycles. The van der Waals surface area contributed by atoms with Gasteiger partial charge in [-0.1, -0.05) is 11.6 Å². The molecule has 0 spiro atoms. The van der Waals surface area contributed by atoms with Crippen LogP contribution >= 0.6 is 11.6 Å². The van der Waals surface area contributed by atoms with Crippen LogP contribution in [0.15, 0.2) is 24.3 Å². The van der Waals surface area contributed by atoms with Crippen molar-refractivity contribution in [3.63, 3.8) is 0 Å². The molecule has 5 nitrogen and oxygen atoms in total. The van der Waals surface area contributed by atoms with Gasteiger partial charge in [0.2, 0.25) is 0 Å². The molecule has 0 bridgehead atoms. The first-order valence-electron chi connectivity index (χ1n) is 7.12. The highest BCUT2D eigenvalue weighted by Crippen LogP contribution is 2.15. The Hall–Kier alpha value is -1.46. The van der Waals surface area contributed by atoms with Gasteiger partial charge in [0.1, 0.15) is 12.4 Å². The molecule has 1 saturated heterocycles. The number of hydrogen-bond donors (Lipinski definition) is 0. The largest absolute Gasteiger partial charge is 0.492 e. The molecule has 1 amide bonds. The van der Waals surface area contributed by atoms with Crippen LogP contribution in [0.1, 0.15) is 6.42 Å². The lowest BCUT2D eigenvalue weighted by molar-refractivity contribution is 0.124. The molecule has 0 unspecified atom stereocenters. The lowest BCUT2D eigenvalue weighted by atomic mass is 10.3. The molecule has 1 aliphatic heterocycles. The molecule has 0 radical (unpaired) electrons. The second-order valence-corrected chi connectivity index (χ2v) is 5.39. The third-order valence-corrected chi connectivity index (χ3v) is 3.76. The summed E-state index contributed by atoms with van der Waals surface area (Å²) >= 11 is 5.83. The molecular weight excluding hydrogens is 292 g/mol. The quantitative estimate of drug-likeness (QED) is 0.856. The number of amides is 1. The number of methoxy groups -OCH3 is 1. The minimum absolute atomic E-state index is 0.241. The number of carbonyl (C=O) groups excluding carboxylic acids is 1. The minimum Gasteiger partial charge on any atom is -0.492 e. The Kier molecular flexibility index (Phi) is 6.14. The molecule has 0 saturated carbocycles. The summed E-state index contributed by atoms with van der Waals surface area (Å²) in [5.41, 5.74) is 0. The number of rotatable bonds is 4. The Morgan fingerprint density at radius 2 is 1.95 bits per heavy atom. The molecule has 1 aliphatic rings. The van der Waals surface area contributed by atoms with E-state index in [1.807, 2.05) is 24.3 Å². The Morgan fingerprint density at radius 1 is 1.19 bits per heavy atom. The maximum Gasteiger partial charge on any atom is 0.409 e. The number of nitrogens with zero attached hydrogens (tertiary/aromatic N) is 2. The van der Waals surface area contributed by atoms with E-state index in [0.717, 1.165) is 38.3 Å². The summed E-state index contributed by atoms with van der Waals surface area (Å²) in [5, 5.41) is 0.706. The van der Waals surface area contributed by atoms with Gasteiger partial charge < -0.3 is 14.4 Å². The van der Waals surface area contributed by atoms with Crippen LogP contribution in [-0.4, -0.2) is 62.3 Å². The number of halogens is 1. The average Bonchev–Trinajstić information content (AvgIpc) is 2.74. The summed E-state index contributed by atoms with van der Waals surface area (Å²) in [4.78, 5) is 15.6. The summed E-state index contributed by atoms with van der Waals surface area (Å²) in [6, 6.07) is 7.36. The first-order chi connectivity index (χ1) is 10.2. The molecule has 21 heavy (non-hydrogen) atoms. The molecule has 2 rings (SSSR count). The van der Waals surface area contributed by atoms with Gasteiger partial charge in [0.05, 0.1) is 7.11 Å². The van der Waals surface area contributed by atoms with Crippen molar-refractivity contribution in [2.75, 3.05) is 46.4 Å². The van der Waals surface area contributed by atoms with E-state index in [-0.39, 0.29) is 6.09 Å². The zero-order chi connectivity index (χ0) is 15.1. The molecule has 1 fully saturated rings. The summed E-state index contributed by atoms with van der Waals surface area (Å²) < 4.78 is 10.5. The number of carbonyl (C=O) groups is 1. The monoisotopic (exact) mass is 312 g/mol. The van der Waals surface area contributed by atoms with E-state index in [4.69, 9.17) is 21.1 Å². The van der Waals surface area contributed by atoms with Crippen molar-refractivity contribution >= 4 is 17.7 Å². The van der Waals surface area contributed by atoms with Crippen LogP contribution in [-0.2, 0) is 4.74 Å². The highest BCUT2D eigenvalue weighted by atomic mass is 35.5. The standard InChI is InChI=1S/C15H21ClN2O3/c1-20-15(19)18-8-2-7-17(9-10-18)11-12-21-14-5-3-13(16)4-6-14/h3-6H,2,7-12H2,1H3. The molecule has 0 N–H and O–H groups in total. The smallest absolute Gasteiger partial charge is 0.409 e. The predicted octanol–water partition coefficient (Wildman–Crippen LogP) is 2.49. The van der Waals surface area contributed by atoms with Crippen molar-refractivity contribution in [1.29, 1.82) is 0 Å². The van der Waals surface area contributed by atoms with Crippen molar-refractivity contribution in [1.82, 2.24) is 9.80 Å². The van der Waals surface area contributed by atoms with E-state index >= 15 is 0 Å². The van der Waals surface area contributed by atoms with Gasteiger partial charge in [-0.2, -0.15) is 0 Å². The van der Waals surface area contributed by atoms with Crippen LogP contribution < -0.4 is 4.74 Å². The maximum atomic E-state index is 11.5. The third-order valence-electron chi connectivity index (χ3n) is 3.51. The van der Waals surface area contributed by atoms with Crippen molar-refractivity contribution in [2.24, 2.45) is 0 Å². The second kappa shape index (κ2) is 8.10. The van der Waals surface area contributed by atoms with Gasteiger partial charge in [0, 0.05) is 37.7 Å².